The number of aliphatic hydroxyl groups excluding tert-OH is 3. The summed E-state index contributed by atoms with van der Waals surface area (Å²) < 4.78 is 0. The molecular formula is C22H25NO7. The molecule has 0 saturated heterocycles. The van der Waals surface area contributed by atoms with E-state index in [1.165, 1.54) is 31.3 Å². The summed E-state index contributed by atoms with van der Waals surface area (Å²) in [5, 5.41) is 67.6. The summed E-state index contributed by atoms with van der Waals surface area (Å²) >= 11 is 0. The topological polar surface area (TPSA) is 150 Å². The minimum absolute atomic E-state index is 0.301. The number of nitrogens with one attached hydrogen (secondary N) is 1. The Morgan fingerprint density at radius 1 is 1.03 bits per heavy atom. The fourth-order valence-electron chi connectivity index (χ4n) is 5.45. The van der Waals surface area contributed by atoms with E-state index in [1.807, 2.05) is 0 Å². The zero-order valence-corrected chi connectivity index (χ0v) is 16.3. The Morgan fingerprint density at radius 3 is 2.17 bits per heavy atom. The first kappa shape index (κ1) is 20.9. The van der Waals surface area contributed by atoms with Crippen LogP contribution in [0.25, 0.3) is 0 Å². The van der Waals surface area contributed by atoms with Crippen molar-refractivity contribution in [3.8, 4) is 0 Å². The second-order valence-electron chi connectivity index (χ2n) is 8.08. The van der Waals surface area contributed by atoms with Crippen LogP contribution in [0.2, 0.25) is 0 Å². The van der Waals surface area contributed by atoms with Crippen LogP contribution in [0.15, 0.2) is 54.6 Å². The van der Waals surface area contributed by atoms with Crippen LogP contribution in [0, 0.1) is 0 Å². The SMILES string of the molecule is CNC(=O)c1ccc(C2[C@]3(O)C(O)C(c4ccccc4)[C@]3(O)[C@]2(O)[C@H](O)CO)cc1. The van der Waals surface area contributed by atoms with Crippen molar-refractivity contribution in [2.75, 3.05) is 13.7 Å². The van der Waals surface area contributed by atoms with Gasteiger partial charge in [0.05, 0.1) is 18.6 Å². The third-order valence-electron chi connectivity index (χ3n) is 6.89. The summed E-state index contributed by atoms with van der Waals surface area (Å²) in [4.78, 5) is 11.8. The molecule has 2 aromatic rings. The van der Waals surface area contributed by atoms with E-state index in [0.717, 1.165) is 0 Å². The second-order valence-corrected chi connectivity index (χ2v) is 8.08. The normalized spacial score (nSPS) is 38.0. The highest BCUT2D eigenvalue weighted by Crippen LogP contribution is 2.75. The monoisotopic (exact) mass is 415 g/mol. The maximum atomic E-state index is 11.8. The molecule has 7 atom stereocenters. The molecule has 8 heteroatoms. The molecule has 2 fully saturated rings. The van der Waals surface area contributed by atoms with E-state index in [9.17, 15) is 35.4 Å². The minimum atomic E-state index is -2.34. The summed E-state index contributed by atoms with van der Waals surface area (Å²) in [5.74, 6) is -2.70. The van der Waals surface area contributed by atoms with Crippen LogP contribution in [0.4, 0.5) is 0 Å². The van der Waals surface area contributed by atoms with Crippen LogP contribution in [0.1, 0.15) is 33.3 Å². The van der Waals surface area contributed by atoms with E-state index in [2.05, 4.69) is 5.32 Å². The fraction of sp³-hybridized carbons (Fsp3) is 0.409. The summed E-state index contributed by atoms with van der Waals surface area (Å²) in [6.07, 6.45) is -3.22. The van der Waals surface area contributed by atoms with Crippen LogP contribution >= 0.6 is 0 Å². The van der Waals surface area contributed by atoms with Crippen LogP contribution in [0.3, 0.4) is 0 Å². The van der Waals surface area contributed by atoms with Gasteiger partial charge in [-0.1, -0.05) is 42.5 Å². The van der Waals surface area contributed by atoms with Gasteiger partial charge in [-0.15, -0.1) is 0 Å². The Hall–Kier alpha value is -2.33. The Morgan fingerprint density at radius 2 is 1.63 bits per heavy atom. The summed E-state index contributed by atoms with van der Waals surface area (Å²) in [6, 6.07) is 14.3. The lowest BCUT2D eigenvalue weighted by Gasteiger charge is -2.80. The number of benzene rings is 2. The van der Waals surface area contributed by atoms with Gasteiger partial charge < -0.3 is 36.0 Å². The van der Waals surface area contributed by atoms with Crippen molar-refractivity contribution < 1.29 is 35.4 Å². The molecule has 0 heterocycles. The first-order chi connectivity index (χ1) is 14.2. The fourth-order valence-corrected chi connectivity index (χ4v) is 5.45. The van der Waals surface area contributed by atoms with E-state index in [4.69, 9.17) is 0 Å². The molecule has 30 heavy (non-hydrogen) atoms. The number of hydrogen-bond acceptors (Lipinski definition) is 7. The van der Waals surface area contributed by atoms with Crippen molar-refractivity contribution in [2.45, 2.75) is 40.8 Å². The van der Waals surface area contributed by atoms with Crippen molar-refractivity contribution in [1.29, 1.82) is 0 Å². The van der Waals surface area contributed by atoms with Gasteiger partial charge in [0.15, 0.2) is 0 Å². The molecular weight excluding hydrogens is 390 g/mol. The van der Waals surface area contributed by atoms with E-state index in [-0.39, 0.29) is 5.91 Å². The van der Waals surface area contributed by atoms with Crippen molar-refractivity contribution in [2.24, 2.45) is 0 Å². The molecule has 8 nitrogen and oxygen atoms in total. The average molecular weight is 415 g/mol. The van der Waals surface area contributed by atoms with Crippen LogP contribution in [-0.2, 0) is 0 Å². The van der Waals surface area contributed by atoms with Crippen molar-refractivity contribution in [3.05, 3.63) is 71.3 Å². The molecule has 2 aliphatic carbocycles. The molecule has 0 aromatic heterocycles. The van der Waals surface area contributed by atoms with Gasteiger partial charge >= 0.3 is 0 Å². The first-order valence-electron chi connectivity index (χ1n) is 9.70. The summed E-state index contributed by atoms with van der Waals surface area (Å²) in [6.45, 7) is -0.862. The number of fused-ring (bicyclic) bond motifs is 1. The van der Waals surface area contributed by atoms with Crippen molar-refractivity contribution in [3.63, 3.8) is 0 Å². The largest absolute Gasteiger partial charge is 0.394 e. The van der Waals surface area contributed by atoms with Gasteiger partial charge in [-0.05, 0) is 23.3 Å². The van der Waals surface area contributed by atoms with Crippen LogP contribution < -0.4 is 5.32 Å². The summed E-state index contributed by atoms with van der Waals surface area (Å²) in [7, 11) is 1.48. The summed E-state index contributed by atoms with van der Waals surface area (Å²) in [5.41, 5.74) is -5.68. The zero-order valence-electron chi connectivity index (χ0n) is 16.3. The minimum Gasteiger partial charge on any atom is -0.394 e. The van der Waals surface area contributed by atoms with Crippen LogP contribution in [-0.4, -0.2) is 79.2 Å². The number of amides is 1. The highest BCUT2D eigenvalue weighted by atomic mass is 16.5. The van der Waals surface area contributed by atoms with E-state index >= 15 is 0 Å². The maximum Gasteiger partial charge on any atom is 0.251 e. The van der Waals surface area contributed by atoms with Crippen LogP contribution in [0.5, 0.6) is 0 Å². The van der Waals surface area contributed by atoms with Gasteiger partial charge in [0, 0.05) is 18.5 Å². The predicted octanol–water partition coefficient (Wildman–Crippen LogP) is -1.15. The number of carbonyl (C=O) groups excluding carboxylic acids is 1. The molecule has 4 rings (SSSR count). The lowest BCUT2D eigenvalue weighted by atomic mass is 9.30. The van der Waals surface area contributed by atoms with Gasteiger partial charge in [0.2, 0.25) is 0 Å². The standard InChI is InChI=1S/C22H25NO7/c1-23-19(27)14-9-7-13(8-10-14)17-20(28,15(25)11-24)22(30)16(18(26)21(17,22)29)12-5-3-2-4-6-12/h2-10,15-18,24-26,28-30H,11H2,1H3,(H,23,27)/t15-,16?,17?,18?,20+,21+,22+/m1/s1. The highest BCUT2D eigenvalue weighted by molar-refractivity contribution is 5.94. The average Bonchev–Trinajstić information content (AvgIpc) is 2.78. The molecule has 2 saturated carbocycles. The smallest absolute Gasteiger partial charge is 0.251 e. The Balaban J connectivity index is 1.80. The lowest BCUT2D eigenvalue weighted by molar-refractivity contribution is -0.459. The molecule has 1 amide bonds. The number of carbonyl (C=O) groups is 1. The number of aliphatic hydroxyl groups is 6. The first-order valence-corrected chi connectivity index (χ1v) is 9.70. The quantitative estimate of drug-likeness (QED) is 0.326. The highest BCUT2D eigenvalue weighted by Gasteiger charge is 2.93. The molecule has 7 N–H and O–H groups in total. The van der Waals surface area contributed by atoms with Gasteiger partial charge in [-0.3, -0.25) is 4.79 Å². The van der Waals surface area contributed by atoms with Crippen molar-refractivity contribution >= 4 is 5.91 Å². The van der Waals surface area contributed by atoms with E-state index in [0.29, 0.717) is 16.7 Å². The van der Waals surface area contributed by atoms with Gasteiger partial charge in [-0.25, -0.2) is 0 Å². The molecule has 3 unspecified atom stereocenters. The van der Waals surface area contributed by atoms with Gasteiger partial charge in [0.1, 0.15) is 22.9 Å². The molecule has 0 radical (unpaired) electrons. The van der Waals surface area contributed by atoms with Crippen molar-refractivity contribution in [1.82, 2.24) is 5.32 Å². The maximum absolute atomic E-state index is 11.8. The molecule has 0 bridgehead atoms. The predicted molar refractivity (Wildman–Crippen MR) is 106 cm³/mol. The third kappa shape index (κ3) is 2.23. The lowest BCUT2D eigenvalue weighted by Crippen LogP contribution is -2.99. The van der Waals surface area contributed by atoms with E-state index in [1.54, 1.807) is 30.3 Å². The van der Waals surface area contributed by atoms with Gasteiger partial charge in [-0.2, -0.15) is 0 Å². The number of rotatable bonds is 5. The Kier molecular flexibility index (Phi) is 4.77. The Labute approximate surface area is 173 Å². The Bertz CT molecular complexity index is 952. The van der Waals surface area contributed by atoms with E-state index < -0.39 is 47.5 Å². The number of hydrogen-bond donors (Lipinski definition) is 7. The molecule has 2 aliphatic rings. The third-order valence-corrected chi connectivity index (χ3v) is 6.89. The molecule has 2 aromatic carbocycles. The van der Waals surface area contributed by atoms with Gasteiger partial charge in [0.25, 0.3) is 5.91 Å². The molecule has 0 aliphatic heterocycles. The zero-order chi connectivity index (χ0) is 21.9. The molecule has 160 valence electrons. The molecule has 0 spiro atoms. The second kappa shape index (κ2) is 6.84.